The van der Waals surface area contributed by atoms with Gasteiger partial charge in [0, 0.05) is 19.3 Å². The van der Waals surface area contributed by atoms with Gasteiger partial charge in [-0.05, 0) is 83.5 Å². The molecule has 0 bridgehead atoms. The monoisotopic (exact) mass is 993 g/mol. The van der Waals surface area contributed by atoms with E-state index < -0.39 is 6.10 Å². The Kier molecular flexibility index (Phi) is 57.2. The maximum atomic E-state index is 12.8. The van der Waals surface area contributed by atoms with Crippen LogP contribution in [0.4, 0.5) is 0 Å². The zero-order valence-electron chi connectivity index (χ0n) is 47.2. The predicted molar refractivity (Wildman–Crippen MR) is 307 cm³/mol. The first kappa shape index (κ1) is 68.1. The Hall–Kier alpha value is -2.89. The number of esters is 3. The van der Waals surface area contributed by atoms with Crippen LogP contribution in [0.15, 0.2) is 60.8 Å². The SMILES string of the molecule is CC/C=C\C/C=C\C/C=C\CCCCCC(=O)OC(COC(=O)CCCCCCCCC)COC(=O)CCCCCCCCCCCCCCCCCCCCCCC/C=C\C/C=C\CCCCCCC. The van der Waals surface area contributed by atoms with Gasteiger partial charge in [0.1, 0.15) is 13.2 Å². The van der Waals surface area contributed by atoms with Crippen molar-refractivity contribution >= 4 is 17.9 Å². The summed E-state index contributed by atoms with van der Waals surface area (Å²) >= 11 is 0. The number of hydrogen-bond acceptors (Lipinski definition) is 6. The summed E-state index contributed by atoms with van der Waals surface area (Å²) in [5.41, 5.74) is 0. The topological polar surface area (TPSA) is 78.9 Å². The van der Waals surface area contributed by atoms with Crippen LogP contribution in [0.3, 0.4) is 0 Å². The molecular weight excluding hydrogens is 877 g/mol. The van der Waals surface area contributed by atoms with Crippen molar-refractivity contribution in [3.05, 3.63) is 60.8 Å². The first-order valence-corrected chi connectivity index (χ1v) is 30.8. The van der Waals surface area contributed by atoms with Gasteiger partial charge in [0.15, 0.2) is 6.10 Å². The van der Waals surface area contributed by atoms with Crippen LogP contribution in [0.2, 0.25) is 0 Å². The number of carbonyl (C=O) groups excluding carboxylic acids is 3. The lowest BCUT2D eigenvalue weighted by Crippen LogP contribution is -2.30. The van der Waals surface area contributed by atoms with E-state index in [9.17, 15) is 14.4 Å². The molecular formula is C65H116O6. The van der Waals surface area contributed by atoms with Gasteiger partial charge < -0.3 is 14.2 Å². The standard InChI is InChI=1S/C65H116O6/c1-4-7-10-13-16-18-20-22-23-24-25-26-27-28-29-30-31-32-33-34-35-36-37-38-39-40-41-43-44-46-49-52-55-58-64(67)70-61-62(60-69-63(66)57-54-51-48-15-12-9-6-3)71-65(68)59-56-53-50-47-45-42-21-19-17-14-11-8-5-2/h8,11,17,19-20,22,24-25,42,45,62H,4-7,9-10,12-16,18,21,23,26-41,43-44,46-61H2,1-3H3/b11-8-,19-17-,22-20-,25-24-,45-42-. The van der Waals surface area contributed by atoms with E-state index in [1.807, 2.05) is 0 Å². The number of unbranched alkanes of at least 4 members (excludes halogenated alkanes) is 35. The van der Waals surface area contributed by atoms with Gasteiger partial charge in [-0.15, -0.1) is 0 Å². The highest BCUT2D eigenvalue weighted by Crippen LogP contribution is 2.17. The lowest BCUT2D eigenvalue weighted by molar-refractivity contribution is -0.167. The summed E-state index contributed by atoms with van der Waals surface area (Å²) < 4.78 is 16.7. The molecule has 0 saturated carbocycles. The molecule has 0 aliphatic heterocycles. The first-order chi connectivity index (χ1) is 35.0. The van der Waals surface area contributed by atoms with Crippen LogP contribution >= 0.6 is 0 Å². The Morgan fingerprint density at radius 2 is 0.549 bits per heavy atom. The fourth-order valence-corrected chi connectivity index (χ4v) is 8.90. The van der Waals surface area contributed by atoms with Crippen LogP contribution in [-0.4, -0.2) is 37.2 Å². The summed E-state index contributed by atoms with van der Waals surface area (Å²) in [4.78, 5) is 37.9. The first-order valence-electron chi connectivity index (χ1n) is 30.8. The minimum atomic E-state index is -0.784. The van der Waals surface area contributed by atoms with Gasteiger partial charge in [-0.1, -0.05) is 274 Å². The van der Waals surface area contributed by atoms with Gasteiger partial charge in [-0.25, -0.2) is 0 Å². The molecule has 0 spiro atoms. The molecule has 6 nitrogen and oxygen atoms in total. The summed E-state index contributed by atoms with van der Waals surface area (Å²) in [6.07, 6.45) is 75.6. The summed E-state index contributed by atoms with van der Waals surface area (Å²) in [6, 6.07) is 0. The van der Waals surface area contributed by atoms with Gasteiger partial charge in [0.2, 0.25) is 0 Å². The van der Waals surface area contributed by atoms with Crippen LogP contribution < -0.4 is 0 Å². The highest BCUT2D eigenvalue weighted by Gasteiger charge is 2.19. The number of hydrogen-bond donors (Lipinski definition) is 0. The minimum Gasteiger partial charge on any atom is -0.462 e. The zero-order valence-corrected chi connectivity index (χ0v) is 47.2. The molecule has 0 aromatic rings. The third kappa shape index (κ3) is 57.9. The smallest absolute Gasteiger partial charge is 0.306 e. The van der Waals surface area contributed by atoms with E-state index in [1.54, 1.807) is 0 Å². The third-order valence-corrected chi connectivity index (χ3v) is 13.5. The molecule has 0 radical (unpaired) electrons. The average molecular weight is 994 g/mol. The molecule has 0 aliphatic rings. The Morgan fingerprint density at radius 3 is 0.873 bits per heavy atom. The van der Waals surface area contributed by atoms with Crippen molar-refractivity contribution in [3.63, 3.8) is 0 Å². The van der Waals surface area contributed by atoms with Crippen molar-refractivity contribution in [2.45, 2.75) is 322 Å². The van der Waals surface area contributed by atoms with Crippen LogP contribution in [0.1, 0.15) is 316 Å². The highest BCUT2D eigenvalue weighted by molar-refractivity contribution is 5.71. The van der Waals surface area contributed by atoms with E-state index in [0.717, 1.165) is 89.9 Å². The largest absolute Gasteiger partial charge is 0.462 e. The lowest BCUT2D eigenvalue weighted by Gasteiger charge is -2.18. The summed E-state index contributed by atoms with van der Waals surface area (Å²) in [6.45, 7) is 6.47. The molecule has 6 heteroatoms. The lowest BCUT2D eigenvalue weighted by atomic mass is 10.0. The maximum Gasteiger partial charge on any atom is 0.306 e. The second kappa shape index (κ2) is 59.7. The van der Waals surface area contributed by atoms with Crippen molar-refractivity contribution in [1.82, 2.24) is 0 Å². The Labute approximate surface area is 440 Å². The van der Waals surface area contributed by atoms with Crippen molar-refractivity contribution in [1.29, 1.82) is 0 Å². The normalized spacial score (nSPS) is 12.4. The van der Waals surface area contributed by atoms with Crippen molar-refractivity contribution in [2.24, 2.45) is 0 Å². The maximum absolute atomic E-state index is 12.8. The molecule has 0 amide bonds. The third-order valence-electron chi connectivity index (χ3n) is 13.5. The average Bonchev–Trinajstić information content (AvgIpc) is 3.37. The molecule has 0 fully saturated rings. The number of rotatable bonds is 56. The minimum absolute atomic E-state index is 0.0827. The molecule has 0 aromatic carbocycles. The summed E-state index contributed by atoms with van der Waals surface area (Å²) in [7, 11) is 0. The van der Waals surface area contributed by atoms with Gasteiger partial charge in [0.25, 0.3) is 0 Å². The van der Waals surface area contributed by atoms with Crippen LogP contribution in [0.5, 0.6) is 0 Å². The van der Waals surface area contributed by atoms with Crippen LogP contribution in [0, 0.1) is 0 Å². The van der Waals surface area contributed by atoms with E-state index in [-0.39, 0.29) is 31.1 Å². The number of allylic oxidation sites excluding steroid dienone is 10. The Bertz CT molecular complexity index is 1280. The molecule has 0 saturated heterocycles. The molecule has 1 atom stereocenters. The molecule has 1 unspecified atom stereocenters. The van der Waals surface area contributed by atoms with Gasteiger partial charge in [-0.3, -0.25) is 14.4 Å². The molecule has 0 aliphatic carbocycles. The Morgan fingerprint density at radius 1 is 0.296 bits per heavy atom. The van der Waals surface area contributed by atoms with E-state index in [2.05, 4.69) is 81.5 Å². The van der Waals surface area contributed by atoms with Crippen molar-refractivity contribution in [3.8, 4) is 0 Å². The summed E-state index contributed by atoms with van der Waals surface area (Å²) in [5.74, 6) is -0.909. The molecule has 0 N–H and O–H groups in total. The fraction of sp³-hybridized carbons (Fsp3) is 0.800. The highest BCUT2D eigenvalue weighted by atomic mass is 16.6. The second-order valence-electron chi connectivity index (χ2n) is 20.6. The zero-order chi connectivity index (χ0) is 51.4. The molecule has 0 aromatic heterocycles. The number of ether oxygens (including phenoxy) is 3. The Balaban J connectivity index is 3.95. The van der Waals surface area contributed by atoms with E-state index >= 15 is 0 Å². The van der Waals surface area contributed by atoms with Crippen molar-refractivity contribution < 1.29 is 28.6 Å². The predicted octanol–water partition coefficient (Wildman–Crippen LogP) is 20.8. The molecule has 71 heavy (non-hydrogen) atoms. The summed E-state index contributed by atoms with van der Waals surface area (Å²) in [5, 5.41) is 0. The van der Waals surface area contributed by atoms with E-state index in [1.165, 1.54) is 186 Å². The van der Waals surface area contributed by atoms with Gasteiger partial charge in [0.05, 0.1) is 0 Å². The fourth-order valence-electron chi connectivity index (χ4n) is 8.90. The van der Waals surface area contributed by atoms with Gasteiger partial charge in [-0.2, -0.15) is 0 Å². The van der Waals surface area contributed by atoms with Gasteiger partial charge >= 0.3 is 17.9 Å². The van der Waals surface area contributed by atoms with Crippen molar-refractivity contribution in [2.75, 3.05) is 13.2 Å². The van der Waals surface area contributed by atoms with Crippen LogP contribution in [-0.2, 0) is 28.6 Å². The molecule has 0 rings (SSSR count). The van der Waals surface area contributed by atoms with E-state index in [0.29, 0.717) is 19.3 Å². The quantitative estimate of drug-likeness (QED) is 0.0261. The molecule has 412 valence electrons. The van der Waals surface area contributed by atoms with Crippen LogP contribution in [0.25, 0.3) is 0 Å². The van der Waals surface area contributed by atoms with E-state index in [4.69, 9.17) is 14.2 Å². The second-order valence-corrected chi connectivity index (χ2v) is 20.6. The number of carbonyl (C=O) groups is 3. The molecule has 0 heterocycles.